The van der Waals surface area contributed by atoms with Crippen molar-refractivity contribution in [1.29, 1.82) is 0 Å². The Morgan fingerprint density at radius 3 is 2.62 bits per heavy atom. The molecule has 0 fully saturated rings. The Bertz CT molecular complexity index is 764. The molecule has 1 heterocycles. The molecule has 0 unspecified atom stereocenters. The zero-order chi connectivity index (χ0) is 14.8. The first kappa shape index (κ1) is 13.8. The number of ether oxygens (including phenoxy) is 1. The van der Waals surface area contributed by atoms with E-state index in [9.17, 15) is 0 Å². The van der Waals surface area contributed by atoms with E-state index >= 15 is 0 Å². The summed E-state index contributed by atoms with van der Waals surface area (Å²) in [4.78, 5) is 0. The smallest absolute Gasteiger partial charge is 0.144 e. The molecule has 3 N–H and O–H groups in total. The van der Waals surface area contributed by atoms with Crippen molar-refractivity contribution in [3.8, 4) is 5.75 Å². The minimum atomic E-state index is 0.102. The van der Waals surface area contributed by atoms with E-state index in [1.54, 1.807) is 11.3 Å². The van der Waals surface area contributed by atoms with Gasteiger partial charge in [-0.15, -0.1) is 11.3 Å². The molecule has 3 rings (SSSR count). The summed E-state index contributed by atoms with van der Waals surface area (Å²) in [5.74, 6) is 0.714. The quantitative estimate of drug-likeness (QED) is 0.665. The lowest BCUT2D eigenvalue weighted by Gasteiger charge is -2.14. The van der Waals surface area contributed by atoms with E-state index < -0.39 is 0 Å². The van der Waals surface area contributed by atoms with Gasteiger partial charge in [-0.2, -0.15) is 0 Å². The van der Waals surface area contributed by atoms with E-state index in [0.29, 0.717) is 11.4 Å². The topological polar surface area (TPSA) is 47.3 Å². The summed E-state index contributed by atoms with van der Waals surface area (Å²) in [6.07, 6.45) is 0.102. The van der Waals surface area contributed by atoms with Crippen LogP contribution in [-0.4, -0.2) is 6.10 Å². The van der Waals surface area contributed by atoms with Crippen LogP contribution in [0.2, 0.25) is 0 Å². The van der Waals surface area contributed by atoms with Crippen LogP contribution in [0, 0.1) is 0 Å². The fourth-order valence-electron chi connectivity index (χ4n) is 2.18. The summed E-state index contributed by atoms with van der Waals surface area (Å²) >= 11 is 1.75. The normalized spacial score (nSPS) is 11.0. The Morgan fingerprint density at radius 2 is 1.81 bits per heavy atom. The average Bonchev–Trinajstić information content (AvgIpc) is 2.89. The van der Waals surface area contributed by atoms with E-state index in [4.69, 9.17) is 10.5 Å². The number of nitrogens with one attached hydrogen (secondary N) is 1. The Labute approximate surface area is 128 Å². The third-order valence-corrected chi connectivity index (χ3v) is 4.02. The van der Waals surface area contributed by atoms with Crippen molar-refractivity contribution >= 4 is 38.5 Å². The lowest BCUT2D eigenvalue weighted by molar-refractivity contribution is 0.244. The minimum absolute atomic E-state index is 0.102. The van der Waals surface area contributed by atoms with Crippen molar-refractivity contribution in [3.05, 3.63) is 47.8 Å². The third kappa shape index (κ3) is 3.11. The molecule has 1 aromatic heterocycles. The first-order valence-corrected chi connectivity index (χ1v) is 7.80. The maximum atomic E-state index is 5.94. The molecule has 0 radical (unpaired) electrons. The van der Waals surface area contributed by atoms with Gasteiger partial charge in [0.25, 0.3) is 0 Å². The van der Waals surface area contributed by atoms with Crippen molar-refractivity contribution in [1.82, 2.24) is 0 Å². The highest BCUT2D eigenvalue weighted by atomic mass is 32.1. The fraction of sp³-hybridized carbons (Fsp3) is 0.176. The van der Waals surface area contributed by atoms with Crippen LogP contribution in [0.25, 0.3) is 10.1 Å². The lowest BCUT2D eigenvalue weighted by atomic mass is 10.2. The minimum Gasteiger partial charge on any atom is -0.489 e. The van der Waals surface area contributed by atoms with Crippen molar-refractivity contribution in [2.75, 3.05) is 11.1 Å². The summed E-state index contributed by atoms with van der Waals surface area (Å²) in [5.41, 5.74) is 8.62. The molecule has 3 nitrogen and oxygen atoms in total. The van der Waals surface area contributed by atoms with Gasteiger partial charge in [0.1, 0.15) is 5.75 Å². The van der Waals surface area contributed by atoms with Gasteiger partial charge in [-0.3, -0.25) is 0 Å². The predicted octanol–water partition coefficient (Wildman–Crippen LogP) is 5.01. The molecule has 0 spiro atoms. The summed E-state index contributed by atoms with van der Waals surface area (Å²) in [6.45, 7) is 3.98. The van der Waals surface area contributed by atoms with Crippen LogP contribution < -0.4 is 15.8 Å². The molecule has 4 heteroatoms. The predicted molar refractivity (Wildman–Crippen MR) is 91.7 cm³/mol. The molecule has 108 valence electrons. The zero-order valence-electron chi connectivity index (χ0n) is 12.1. The van der Waals surface area contributed by atoms with Crippen molar-refractivity contribution < 1.29 is 4.74 Å². The van der Waals surface area contributed by atoms with E-state index in [0.717, 1.165) is 11.4 Å². The van der Waals surface area contributed by atoms with Crippen LogP contribution in [-0.2, 0) is 0 Å². The second-order valence-corrected chi connectivity index (χ2v) is 6.17. The Hall–Kier alpha value is -2.20. The maximum Gasteiger partial charge on any atom is 0.144 e. The highest BCUT2D eigenvalue weighted by Crippen LogP contribution is 2.30. The van der Waals surface area contributed by atoms with Crippen LogP contribution in [0.1, 0.15) is 13.8 Å². The van der Waals surface area contributed by atoms with Crippen LogP contribution in [0.3, 0.4) is 0 Å². The van der Waals surface area contributed by atoms with Gasteiger partial charge in [0, 0.05) is 22.1 Å². The number of hydrogen-bond acceptors (Lipinski definition) is 4. The van der Waals surface area contributed by atoms with E-state index in [-0.39, 0.29) is 6.10 Å². The van der Waals surface area contributed by atoms with E-state index in [1.165, 1.54) is 10.1 Å². The van der Waals surface area contributed by atoms with Crippen LogP contribution in [0.15, 0.2) is 47.8 Å². The first-order valence-electron chi connectivity index (χ1n) is 6.92. The van der Waals surface area contributed by atoms with Crippen molar-refractivity contribution in [2.45, 2.75) is 20.0 Å². The molecule has 21 heavy (non-hydrogen) atoms. The molecule has 0 atom stereocenters. The molecule has 0 aliphatic heterocycles. The molecular formula is C17H18N2OS. The highest BCUT2D eigenvalue weighted by Gasteiger charge is 2.05. The lowest BCUT2D eigenvalue weighted by Crippen LogP contribution is -2.07. The molecule has 0 saturated heterocycles. The summed E-state index contributed by atoms with van der Waals surface area (Å²) < 4.78 is 7.01. The van der Waals surface area contributed by atoms with Crippen LogP contribution in [0.4, 0.5) is 17.1 Å². The van der Waals surface area contributed by atoms with E-state index in [2.05, 4.69) is 35.0 Å². The molecule has 3 aromatic rings. The molecule has 0 saturated carbocycles. The maximum absolute atomic E-state index is 5.94. The van der Waals surface area contributed by atoms with Gasteiger partial charge in [-0.1, -0.05) is 0 Å². The number of anilines is 3. The summed E-state index contributed by atoms with van der Waals surface area (Å²) in [5, 5.41) is 6.75. The van der Waals surface area contributed by atoms with Crippen molar-refractivity contribution in [3.63, 3.8) is 0 Å². The second kappa shape index (κ2) is 5.66. The molecule has 0 aliphatic carbocycles. The molecule has 0 aliphatic rings. The number of nitrogens with two attached hydrogens (primary N) is 1. The monoisotopic (exact) mass is 298 g/mol. The van der Waals surface area contributed by atoms with Gasteiger partial charge in [0.2, 0.25) is 0 Å². The second-order valence-electron chi connectivity index (χ2n) is 5.22. The number of thiophene rings is 1. The van der Waals surface area contributed by atoms with Gasteiger partial charge in [0.05, 0.1) is 11.8 Å². The Balaban J connectivity index is 1.86. The van der Waals surface area contributed by atoms with Gasteiger partial charge < -0.3 is 15.8 Å². The van der Waals surface area contributed by atoms with Gasteiger partial charge >= 0.3 is 0 Å². The van der Waals surface area contributed by atoms with Crippen LogP contribution >= 0.6 is 11.3 Å². The van der Waals surface area contributed by atoms with Gasteiger partial charge in [-0.05, 0) is 61.0 Å². The van der Waals surface area contributed by atoms with Crippen molar-refractivity contribution in [2.24, 2.45) is 0 Å². The highest BCUT2D eigenvalue weighted by molar-refractivity contribution is 7.17. The summed E-state index contributed by atoms with van der Waals surface area (Å²) in [7, 11) is 0. The SMILES string of the molecule is CC(C)Oc1cc(Nc2ccc3sccc3c2)ccc1N. The molecule has 0 amide bonds. The van der Waals surface area contributed by atoms with Gasteiger partial charge in [-0.25, -0.2) is 0 Å². The van der Waals surface area contributed by atoms with Gasteiger partial charge in [0.15, 0.2) is 0 Å². The number of benzene rings is 2. The fourth-order valence-corrected chi connectivity index (χ4v) is 2.95. The standard InChI is InChI=1S/C17H18N2OS/c1-11(2)20-16-10-14(3-5-15(16)18)19-13-4-6-17-12(9-13)7-8-21-17/h3-11,19H,18H2,1-2H3. The summed E-state index contributed by atoms with van der Waals surface area (Å²) in [6, 6.07) is 14.2. The largest absolute Gasteiger partial charge is 0.489 e. The Kier molecular flexibility index (Phi) is 3.71. The number of nitrogen functional groups attached to an aromatic ring is 1. The van der Waals surface area contributed by atoms with Crippen LogP contribution in [0.5, 0.6) is 5.75 Å². The molecule has 0 bridgehead atoms. The van der Waals surface area contributed by atoms with E-state index in [1.807, 2.05) is 32.0 Å². The third-order valence-electron chi connectivity index (χ3n) is 3.12. The molecule has 2 aromatic carbocycles. The average molecular weight is 298 g/mol. The zero-order valence-corrected chi connectivity index (χ0v) is 12.9. The number of fused-ring (bicyclic) bond motifs is 1. The first-order chi connectivity index (χ1) is 10.1. The Morgan fingerprint density at radius 1 is 1.05 bits per heavy atom. The molecular weight excluding hydrogens is 280 g/mol. The number of rotatable bonds is 4. The number of hydrogen-bond donors (Lipinski definition) is 2.